The van der Waals surface area contributed by atoms with Crippen LogP contribution in [0.15, 0.2) is 22.8 Å². The zero-order valence-electron chi connectivity index (χ0n) is 10.3. The first kappa shape index (κ1) is 13.3. The maximum absolute atomic E-state index is 11.9. The van der Waals surface area contributed by atoms with E-state index in [1.54, 1.807) is 33.0 Å². The Kier molecular flexibility index (Phi) is 3.93. The van der Waals surface area contributed by atoms with Crippen LogP contribution in [0.1, 0.15) is 26.0 Å². The van der Waals surface area contributed by atoms with E-state index >= 15 is 0 Å². The normalized spacial score (nSPS) is 11.2. The standard InChI is InChI=1S/C12H17NO4/c1-12(2,8-11(15)16)13(3)10(14)7-9-5-4-6-17-9/h4-6H,7-8H2,1-3H3,(H,15,16). The molecule has 0 aliphatic heterocycles. The van der Waals surface area contributed by atoms with Crippen LogP contribution in [0.3, 0.4) is 0 Å². The average molecular weight is 239 g/mol. The van der Waals surface area contributed by atoms with Crippen LogP contribution >= 0.6 is 0 Å². The molecule has 1 amide bonds. The molecule has 5 nitrogen and oxygen atoms in total. The van der Waals surface area contributed by atoms with Gasteiger partial charge in [-0.15, -0.1) is 0 Å². The summed E-state index contributed by atoms with van der Waals surface area (Å²) < 4.78 is 5.08. The molecule has 5 heteroatoms. The van der Waals surface area contributed by atoms with Crippen molar-refractivity contribution >= 4 is 11.9 Å². The number of furan rings is 1. The van der Waals surface area contributed by atoms with Crippen LogP contribution in [-0.4, -0.2) is 34.5 Å². The number of amides is 1. The van der Waals surface area contributed by atoms with Gasteiger partial charge in [0.2, 0.25) is 5.91 Å². The number of rotatable bonds is 5. The minimum atomic E-state index is -0.923. The molecule has 0 aliphatic rings. The Bertz CT molecular complexity index is 395. The van der Waals surface area contributed by atoms with Gasteiger partial charge in [-0.25, -0.2) is 0 Å². The summed E-state index contributed by atoms with van der Waals surface area (Å²) >= 11 is 0. The predicted molar refractivity (Wildman–Crippen MR) is 61.5 cm³/mol. The Morgan fingerprint density at radius 2 is 2.12 bits per heavy atom. The molecule has 1 rings (SSSR count). The van der Waals surface area contributed by atoms with Crippen molar-refractivity contribution in [2.24, 2.45) is 0 Å². The smallest absolute Gasteiger partial charge is 0.305 e. The second kappa shape index (κ2) is 5.03. The van der Waals surface area contributed by atoms with Crippen molar-refractivity contribution in [1.82, 2.24) is 4.90 Å². The molecule has 0 saturated carbocycles. The predicted octanol–water partition coefficient (Wildman–Crippen LogP) is 1.53. The molecule has 0 spiro atoms. The Hall–Kier alpha value is -1.78. The highest BCUT2D eigenvalue weighted by Crippen LogP contribution is 2.18. The highest BCUT2D eigenvalue weighted by molar-refractivity contribution is 5.79. The minimum absolute atomic E-state index is 0.0899. The quantitative estimate of drug-likeness (QED) is 0.846. The van der Waals surface area contributed by atoms with Gasteiger partial charge in [-0.3, -0.25) is 9.59 Å². The number of carboxylic acids is 1. The summed E-state index contributed by atoms with van der Waals surface area (Å²) in [4.78, 5) is 24.1. The van der Waals surface area contributed by atoms with Crippen LogP contribution in [0, 0.1) is 0 Å². The van der Waals surface area contributed by atoms with Crippen molar-refractivity contribution in [1.29, 1.82) is 0 Å². The number of likely N-dealkylation sites (N-methyl/N-ethyl adjacent to an activating group) is 1. The third kappa shape index (κ3) is 3.62. The van der Waals surface area contributed by atoms with Crippen molar-refractivity contribution < 1.29 is 19.1 Å². The maximum atomic E-state index is 11.9. The zero-order chi connectivity index (χ0) is 13.1. The van der Waals surface area contributed by atoms with E-state index in [-0.39, 0.29) is 18.7 Å². The lowest BCUT2D eigenvalue weighted by Gasteiger charge is -2.34. The first-order valence-corrected chi connectivity index (χ1v) is 5.34. The molecule has 1 aromatic heterocycles. The summed E-state index contributed by atoms with van der Waals surface area (Å²) in [7, 11) is 1.61. The summed E-state index contributed by atoms with van der Waals surface area (Å²) in [6.07, 6.45) is 1.56. The first-order valence-electron chi connectivity index (χ1n) is 5.34. The largest absolute Gasteiger partial charge is 0.481 e. The Labute approximate surface area is 100 Å². The van der Waals surface area contributed by atoms with Gasteiger partial charge >= 0.3 is 5.97 Å². The monoisotopic (exact) mass is 239 g/mol. The molecule has 94 valence electrons. The van der Waals surface area contributed by atoms with Crippen molar-refractivity contribution in [3.63, 3.8) is 0 Å². The average Bonchev–Trinajstić information content (AvgIpc) is 2.67. The number of nitrogens with zero attached hydrogens (tertiary/aromatic N) is 1. The third-order valence-corrected chi connectivity index (χ3v) is 2.77. The van der Waals surface area contributed by atoms with Crippen LogP contribution in [-0.2, 0) is 16.0 Å². The molecular formula is C12H17NO4. The lowest BCUT2D eigenvalue weighted by molar-refractivity contribution is -0.142. The van der Waals surface area contributed by atoms with Gasteiger partial charge in [0.15, 0.2) is 0 Å². The molecule has 17 heavy (non-hydrogen) atoms. The van der Waals surface area contributed by atoms with Crippen LogP contribution in [0.4, 0.5) is 0 Å². The van der Waals surface area contributed by atoms with Gasteiger partial charge in [0.25, 0.3) is 0 Å². The third-order valence-electron chi connectivity index (χ3n) is 2.77. The van der Waals surface area contributed by atoms with Crippen LogP contribution < -0.4 is 0 Å². The van der Waals surface area contributed by atoms with Crippen LogP contribution in [0.25, 0.3) is 0 Å². The van der Waals surface area contributed by atoms with E-state index < -0.39 is 11.5 Å². The topological polar surface area (TPSA) is 70.8 Å². The number of hydrogen-bond acceptors (Lipinski definition) is 3. The molecule has 0 radical (unpaired) electrons. The molecule has 0 fully saturated rings. The minimum Gasteiger partial charge on any atom is -0.481 e. The highest BCUT2D eigenvalue weighted by Gasteiger charge is 2.30. The number of carbonyl (C=O) groups excluding carboxylic acids is 1. The lowest BCUT2D eigenvalue weighted by atomic mass is 9.98. The van der Waals surface area contributed by atoms with Gasteiger partial charge in [-0.2, -0.15) is 0 Å². The van der Waals surface area contributed by atoms with Gasteiger partial charge in [0.05, 0.1) is 19.1 Å². The lowest BCUT2D eigenvalue weighted by Crippen LogP contribution is -2.47. The molecule has 0 aromatic carbocycles. The number of carbonyl (C=O) groups is 2. The van der Waals surface area contributed by atoms with Gasteiger partial charge in [-0.1, -0.05) is 0 Å². The molecule has 1 heterocycles. The summed E-state index contributed by atoms with van der Waals surface area (Å²) in [5, 5.41) is 8.78. The second-order valence-electron chi connectivity index (χ2n) is 4.59. The van der Waals surface area contributed by atoms with Gasteiger partial charge in [0, 0.05) is 12.6 Å². The first-order chi connectivity index (χ1) is 7.83. The van der Waals surface area contributed by atoms with Gasteiger partial charge in [0.1, 0.15) is 5.76 Å². The van der Waals surface area contributed by atoms with Crippen molar-refractivity contribution in [3.8, 4) is 0 Å². The van der Waals surface area contributed by atoms with Crippen molar-refractivity contribution in [3.05, 3.63) is 24.2 Å². The van der Waals surface area contributed by atoms with Gasteiger partial charge in [-0.05, 0) is 26.0 Å². The molecule has 0 unspecified atom stereocenters. The molecular weight excluding hydrogens is 222 g/mol. The molecule has 0 aliphatic carbocycles. The van der Waals surface area contributed by atoms with E-state index in [0.717, 1.165) is 0 Å². The van der Waals surface area contributed by atoms with E-state index in [2.05, 4.69) is 0 Å². The molecule has 1 N–H and O–H groups in total. The number of carboxylic acid groups (broad SMARTS) is 1. The second-order valence-corrected chi connectivity index (χ2v) is 4.59. The Morgan fingerprint density at radius 1 is 1.47 bits per heavy atom. The van der Waals surface area contributed by atoms with E-state index in [1.165, 1.54) is 11.2 Å². The summed E-state index contributed by atoms with van der Waals surface area (Å²) in [6.45, 7) is 3.45. The maximum Gasteiger partial charge on any atom is 0.305 e. The fourth-order valence-corrected chi connectivity index (χ4v) is 1.51. The van der Waals surface area contributed by atoms with E-state index in [1.807, 2.05) is 0 Å². The Balaban J connectivity index is 2.65. The number of hydrogen-bond donors (Lipinski definition) is 1. The summed E-state index contributed by atoms with van der Waals surface area (Å²) in [5.41, 5.74) is -0.713. The molecule has 0 saturated heterocycles. The summed E-state index contributed by atoms with van der Waals surface area (Å²) in [5.74, 6) is -0.508. The van der Waals surface area contributed by atoms with Gasteiger partial charge < -0.3 is 14.4 Å². The number of aliphatic carboxylic acids is 1. The van der Waals surface area contributed by atoms with E-state index in [4.69, 9.17) is 9.52 Å². The molecule has 0 atom stereocenters. The van der Waals surface area contributed by atoms with Crippen molar-refractivity contribution in [2.45, 2.75) is 32.2 Å². The van der Waals surface area contributed by atoms with E-state index in [9.17, 15) is 9.59 Å². The SMILES string of the molecule is CN(C(=O)Cc1ccco1)C(C)(C)CC(=O)O. The van der Waals surface area contributed by atoms with Crippen molar-refractivity contribution in [2.75, 3.05) is 7.05 Å². The fourth-order valence-electron chi connectivity index (χ4n) is 1.51. The van der Waals surface area contributed by atoms with Crippen LogP contribution in [0.5, 0.6) is 0 Å². The molecule has 0 bridgehead atoms. The van der Waals surface area contributed by atoms with Crippen LogP contribution in [0.2, 0.25) is 0 Å². The summed E-state index contributed by atoms with van der Waals surface area (Å²) in [6, 6.07) is 3.43. The Morgan fingerprint density at radius 3 is 2.59 bits per heavy atom. The van der Waals surface area contributed by atoms with E-state index in [0.29, 0.717) is 5.76 Å². The highest BCUT2D eigenvalue weighted by atomic mass is 16.4. The molecule has 1 aromatic rings. The zero-order valence-corrected chi connectivity index (χ0v) is 10.3. The fraction of sp³-hybridized carbons (Fsp3) is 0.500.